The number of nitrogens with one attached hydrogen (secondary N) is 2. The van der Waals surface area contributed by atoms with Crippen molar-refractivity contribution >= 4 is 18.0 Å². The summed E-state index contributed by atoms with van der Waals surface area (Å²) in [5.41, 5.74) is 0. The van der Waals surface area contributed by atoms with E-state index in [1.54, 1.807) is 0 Å². The van der Waals surface area contributed by atoms with Crippen molar-refractivity contribution in [3.8, 4) is 0 Å². The zero-order chi connectivity index (χ0) is 13.0. The standard InChI is InChI=1S/C12H19N2O3/c1-7(2)11(14-8(3)16)12(17)9-4-5-13-10(9)6-15/h7,9-11,13H,4-5H2,1-3H3,(H,14,16)/t9?,10-,11+/m1/s1. The molecule has 0 aliphatic carbocycles. The van der Waals surface area contributed by atoms with Crippen molar-refractivity contribution in [3.05, 3.63) is 0 Å². The molecule has 5 heteroatoms. The number of amides is 1. The first-order valence-corrected chi connectivity index (χ1v) is 5.89. The van der Waals surface area contributed by atoms with Crippen LogP contribution in [0.3, 0.4) is 0 Å². The van der Waals surface area contributed by atoms with Gasteiger partial charge in [-0.2, -0.15) is 0 Å². The Balaban J connectivity index is 2.76. The Morgan fingerprint density at radius 1 is 1.41 bits per heavy atom. The minimum Gasteiger partial charge on any atom is -0.346 e. The van der Waals surface area contributed by atoms with E-state index in [1.165, 1.54) is 6.92 Å². The summed E-state index contributed by atoms with van der Waals surface area (Å²) in [6.07, 6.45) is 2.47. The smallest absolute Gasteiger partial charge is 0.217 e. The van der Waals surface area contributed by atoms with Crippen LogP contribution in [0.25, 0.3) is 0 Å². The zero-order valence-corrected chi connectivity index (χ0v) is 10.4. The summed E-state index contributed by atoms with van der Waals surface area (Å²) >= 11 is 0. The summed E-state index contributed by atoms with van der Waals surface area (Å²) < 4.78 is 0. The maximum atomic E-state index is 12.3. The number of rotatable bonds is 5. The van der Waals surface area contributed by atoms with Crippen molar-refractivity contribution < 1.29 is 14.4 Å². The molecule has 1 amide bonds. The van der Waals surface area contributed by atoms with Crippen LogP contribution in [0.15, 0.2) is 0 Å². The van der Waals surface area contributed by atoms with E-state index >= 15 is 0 Å². The Kier molecular flexibility index (Phi) is 4.81. The Labute approximate surface area is 101 Å². The summed E-state index contributed by atoms with van der Waals surface area (Å²) in [7, 11) is 0. The van der Waals surface area contributed by atoms with Gasteiger partial charge in [0, 0.05) is 12.8 Å². The maximum Gasteiger partial charge on any atom is 0.217 e. The van der Waals surface area contributed by atoms with Crippen LogP contribution >= 0.6 is 0 Å². The molecule has 0 aromatic heterocycles. The van der Waals surface area contributed by atoms with Gasteiger partial charge in [0.25, 0.3) is 0 Å². The Hall–Kier alpha value is -1.23. The minimum absolute atomic E-state index is 0.0132. The van der Waals surface area contributed by atoms with E-state index in [4.69, 9.17) is 0 Å². The first-order valence-electron chi connectivity index (χ1n) is 5.89. The number of Topliss-reactive ketones (excluding diaryl/α,β-unsaturated/α-hetero) is 1. The van der Waals surface area contributed by atoms with E-state index in [0.29, 0.717) is 13.0 Å². The van der Waals surface area contributed by atoms with E-state index in [-0.39, 0.29) is 23.5 Å². The van der Waals surface area contributed by atoms with Gasteiger partial charge in [0.15, 0.2) is 5.78 Å². The molecule has 1 saturated heterocycles. The average molecular weight is 239 g/mol. The van der Waals surface area contributed by atoms with Crippen molar-refractivity contribution in [2.24, 2.45) is 11.8 Å². The predicted molar refractivity (Wildman–Crippen MR) is 63.0 cm³/mol. The molecular weight excluding hydrogens is 220 g/mol. The van der Waals surface area contributed by atoms with Gasteiger partial charge in [-0.25, -0.2) is 0 Å². The SMILES string of the molecule is CC(=O)N[C@H](C(=O)C1CCN[C@@H]1[C]=O)C(C)C. The maximum absolute atomic E-state index is 12.3. The Morgan fingerprint density at radius 3 is 2.53 bits per heavy atom. The molecule has 1 heterocycles. The van der Waals surface area contributed by atoms with Gasteiger partial charge >= 0.3 is 0 Å². The Morgan fingerprint density at radius 2 is 2.06 bits per heavy atom. The van der Waals surface area contributed by atoms with Crippen LogP contribution in [0.4, 0.5) is 0 Å². The molecule has 5 nitrogen and oxygen atoms in total. The summed E-state index contributed by atoms with van der Waals surface area (Å²) in [4.78, 5) is 34.0. The molecule has 2 N–H and O–H groups in total. The second-order valence-corrected chi connectivity index (χ2v) is 4.77. The average Bonchev–Trinajstić information content (AvgIpc) is 2.72. The van der Waals surface area contributed by atoms with Gasteiger partial charge in [-0.05, 0) is 18.9 Å². The van der Waals surface area contributed by atoms with E-state index in [0.717, 1.165) is 0 Å². The Bertz CT molecular complexity index is 315. The fourth-order valence-electron chi connectivity index (χ4n) is 2.15. The second-order valence-electron chi connectivity index (χ2n) is 4.77. The molecule has 0 saturated carbocycles. The molecule has 95 valence electrons. The summed E-state index contributed by atoms with van der Waals surface area (Å²) in [5, 5.41) is 5.58. The fourth-order valence-corrected chi connectivity index (χ4v) is 2.15. The highest BCUT2D eigenvalue weighted by atomic mass is 16.2. The molecule has 1 radical (unpaired) electrons. The number of carbonyl (C=O) groups is 2. The number of ketones is 1. The quantitative estimate of drug-likeness (QED) is 0.697. The highest BCUT2D eigenvalue weighted by molar-refractivity contribution is 5.93. The van der Waals surface area contributed by atoms with E-state index in [1.807, 2.05) is 20.1 Å². The first-order chi connectivity index (χ1) is 7.97. The van der Waals surface area contributed by atoms with Crippen molar-refractivity contribution in [1.82, 2.24) is 10.6 Å². The monoisotopic (exact) mass is 239 g/mol. The van der Waals surface area contributed by atoms with E-state index < -0.39 is 12.1 Å². The van der Waals surface area contributed by atoms with Gasteiger partial charge in [0.05, 0.1) is 12.1 Å². The molecule has 1 rings (SSSR count). The van der Waals surface area contributed by atoms with Crippen LogP contribution < -0.4 is 10.6 Å². The molecular formula is C12H19N2O3. The van der Waals surface area contributed by atoms with Gasteiger partial charge < -0.3 is 10.6 Å². The lowest BCUT2D eigenvalue weighted by Gasteiger charge is -2.24. The third kappa shape index (κ3) is 3.36. The van der Waals surface area contributed by atoms with Gasteiger partial charge in [-0.15, -0.1) is 0 Å². The highest BCUT2D eigenvalue weighted by Gasteiger charge is 2.37. The lowest BCUT2D eigenvalue weighted by molar-refractivity contribution is -0.130. The van der Waals surface area contributed by atoms with Crippen molar-refractivity contribution in [3.63, 3.8) is 0 Å². The topological polar surface area (TPSA) is 75.3 Å². The third-order valence-electron chi connectivity index (χ3n) is 3.05. The zero-order valence-electron chi connectivity index (χ0n) is 10.4. The molecule has 0 aromatic carbocycles. The lowest BCUT2D eigenvalue weighted by atomic mass is 9.87. The van der Waals surface area contributed by atoms with Crippen LogP contribution in [0.5, 0.6) is 0 Å². The third-order valence-corrected chi connectivity index (χ3v) is 3.05. The molecule has 17 heavy (non-hydrogen) atoms. The van der Waals surface area contributed by atoms with Crippen LogP contribution in [-0.2, 0) is 14.4 Å². The number of carbonyl (C=O) groups excluding carboxylic acids is 3. The molecule has 1 aliphatic heterocycles. The van der Waals surface area contributed by atoms with Crippen molar-refractivity contribution in [2.75, 3.05) is 6.54 Å². The van der Waals surface area contributed by atoms with Crippen molar-refractivity contribution in [1.29, 1.82) is 0 Å². The van der Waals surface area contributed by atoms with E-state index in [2.05, 4.69) is 10.6 Å². The molecule has 0 spiro atoms. The van der Waals surface area contributed by atoms with Crippen LogP contribution in [0.1, 0.15) is 27.2 Å². The number of hydrogen-bond acceptors (Lipinski definition) is 4. The van der Waals surface area contributed by atoms with Crippen LogP contribution in [0, 0.1) is 11.8 Å². The lowest BCUT2D eigenvalue weighted by Crippen LogP contribution is -2.48. The molecule has 1 fully saturated rings. The molecule has 0 aromatic rings. The van der Waals surface area contributed by atoms with Gasteiger partial charge in [-0.3, -0.25) is 14.4 Å². The first kappa shape index (κ1) is 13.8. The highest BCUT2D eigenvalue weighted by Crippen LogP contribution is 2.19. The largest absolute Gasteiger partial charge is 0.346 e. The molecule has 1 unspecified atom stereocenters. The van der Waals surface area contributed by atoms with Gasteiger partial charge in [0.1, 0.15) is 0 Å². The summed E-state index contributed by atoms with van der Waals surface area (Å²) in [6.45, 7) is 5.78. The normalized spacial score (nSPS) is 25.6. The van der Waals surface area contributed by atoms with Crippen molar-refractivity contribution in [2.45, 2.75) is 39.3 Å². The van der Waals surface area contributed by atoms with Crippen LogP contribution in [0.2, 0.25) is 0 Å². The molecule has 1 aliphatic rings. The number of hydrogen-bond donors (Lipinski definition) is 2. The van der Waals surface area contributed by atoms with E-state index in [9.17, 15) is 14.4 Å². The fraction of sp³-hybridized carbons (Fsp3) is 0.750. The molecule has 3 atom stereocenters. The second kappa shape index (κ2) is 5.91. The molecule has 0 bridgehead atoms. The summed E-state index contributed by atoms with van der Waals surface area (Å²) in [6, 6.07) is -1.05. The minimum atomic E-state index is -0.530. The van der Waals surface area contributed by atoms with Crippen LogP contribution in [-0.4, -0.2) is 36.6 Å². The summed E-state index contributed by atoms with van der Waals surface area (Å²) in [5.74, 6) is -0.658. The van der Waals surface area contributed by atoms with Gasteiger partial charge in [0.2, 0.25) is 12.2 Å². The van der Waals surface area contributed by atoms with Gasteiger partial charge in [-0.1, -0.05) is 13.8 Å². The predicted octanol–water partition coefficient (Wildman–Crippen LogP) is -0.196.